The van der Waals surface area contributed by atoms with E-state index >= 15 is 0 Å². The normalized spacial score (nSPS) is 17.5. The van der Waals surface area contributed by atoms with Crippen molar-refractivity contribution in [2.75, 3.05) is 32.8 Å². The summed E-state index contributed by atoms with van der Waals surface area (Å²) in [6, 6.07) is 31.3. The minimum Gasteiger partial charge on any atom is -0.443 e. The van der Waals surface area contributed by atoms with Crippen molar-refractivity contribution >= 4 is 28.9 Å². The van der Waals surface area contributed by atoms with E-state index in [0.717, 1.165) is 38.9 Å². The Morgan fingerprint density at radius 3 is 2.46 bits per heavy atom. The number of aromatic nitrogens is 2. The molecular weight excluding hydrogens is 747 g/mol. The molecule has 0 radical (unpaired) electrons. The number of nitrogens with zero attached hydrogens (tertiary/aromatic N) is 5. The third-order valence-corrected chi connectivity index (χ3v) is 11.2. The van der Waals surface area contributed by atoms with Crippen LogP contribution >= 0.6 is 0 Å². The van der Waals surface area contributed by atoms with Crippen molar-refractivity contribution in [3.8, 4) is 11.3 Å². The molecule has 0 saturated carbocycles. The number of hydrogen-bond acceptors (Lipinski definition) is 9. The van der Waals surface area contributed by atoms with Crippen LogP contribution in [0.5, 0.6) is 0 Å². The number of aliphatic hydroxyl groups excluding tert-OH is 1. The Labute approximate surface area is 345 Å². The van der Waals surface area contributed by atoms with Gasteiger partial charge in [0.25, 0.3) is 0 Å². The molecule has 13 nitrogen and oxygen atoms in total. The number of hydrazine groups is 1. The Morgan fingerprint density at radius 2 is 1.71 bits per heavy atom. The number of ether oxygens (including phenoxy) is 2. The van der Waals surface area contributed by atoms with Gasteiger partial charge in [-0.2, -0.15) is 0 Å². The predicted molar refractivity (Wildman–Crippen MR) is 225 cm³/mol. The first-order valence-electron chi connectivity index (χ1n) is 20.5. The zero-order valence-corrected chi connectivity index (χ0v) is 33.7. The van der Waals surface area contributed by atoms with Crippen molar-refractivity contribution in [2.45, 2.75) is 70.5 Å². The van der Waals surface area contributed by atoms with E-state index in [2.05, 4.69) is 20.7 Å². The summed E-state index contributed by atoms with van der Waals surface area (Å²) < 4.78 is 11.0. The van der Waals surface area contributed by atoms with Crippen molar-refractivity contribution in [3.05, 3.63) is 132 Å². The van der Waals surface area contributed by atoms with Crippen LogP contribution in [-0.2, 0) is 33.8 Å². The summed E-state index contributed by atoms with van der Waals surface area (Å²) >= 11 is 0. The van der Waals surface area contributed by atoms with Crippen LogP contribution in [0.4, 0.5) is 9.59 Å². The number of nitrogens with one attached hydrogen (secondary N) is 2. The number of para-hydroxylation sites is 1. The second-order valence-electron chi connectivity index (χ2n) is 15.4. The van der Waals surface area contributed by atoms with Crippen molar-refractivity contribution in [2.24, 2.45) is 5.92 Å². The highest BCUT2D eigenvalue weighted by molar-refractivity contribution is 5.89. The Kier molecular flexibility index (Phi) is 13.8. The summed E-state index contributed by atoms with van der Waals surface area (Å²) in [5.74, 6) is -0.508. The zero-order chi connectivity index (χ0) is 41.1. The third-order valence-electron chi connectivity index (χ3n) is 11.2. The smallest absolute Gasteiger partial charge is 0.422 e. The number of pyridine rings is 2. The first-order valence-corrected chi connectivity index (χ1v) is 20.5. The number of rotatable bonds is 17. The van der Waals surface area contributed by atoms with E-state index in [1.54, 1.807) is 27.2 Å². The molecule has 1 unspecified atom stereocenters. The van der Waals surface area contributed by atoms with Crippen molar-refractivity contribution in [1.29, 1.82) is 0 Å². The highest BCUT2D eigenvalue weighted by Crippen LogP contribution is 2.25. The molecule has 59 heavy (non-hydrogen) atoms. The molecule has 2 aliphatic heterocycles. The number of carbonyl (C=O) groups excluding carboxylic acids is 3. The number of fused-ring (bicyclic) bond motifs is 1. The highest BCUT2D eigenvalue weighted by Gasteiger charge is 2.41. The second kappa shape index (κ2) is 19.7. The highest BCUT2D eigenvalue weighted by atomic mass is 16.6. The maximum absolute atomic E-state index is 14.6. The molecule has 7 rings (SSSR count). The lowest BCUT2D eigenvalue weighted by Gasteiger charge is -2.35. The lowest BCUT2D eigenvalue weighted by molar-refractivity contribution is -0.128. The number of aliphatic hydroxyl groups is 1. The van der Waals surface area contributed by atoms with E-state index in [0.29, 0.717) is 52.1 Å². The number of urea groups is 1. The van der Waals surface area contributed by atoms with Crippen LogP contribution in [0.2, 0.25) is 0 Å². The molecule has 5 atom stereocenters. The summed E-state index contributed by atoms with van der Waals surface area (Å²) in [5, 5.41) is 17.8. The number of carbonyl (C=O) groups is 3. The standard InChI is InChI=1S/C46H53N7O6/c1-3-32(2)43(53-25-24-51(46(53)57)29-36-20-23-48-40-15-8-7-13-38(36)40)44(55)49-41(27-33-11-5-4-6-12-33)42(54)30-52(50-45(56)59-37-21-26-58-31-37)28-34-16-18-35(19-17-34)39-14-9-10-22-47-39/h4-20,22-23,32,37,41-43,54H,3,21,24-31H2,1-2H3,(H,49,55)(H,50,56)/t32-,37?,41-,42-,43-/m0/s1. The van der Waals surface area contributed by atoms with Crippen LogP contribution in [0, 0.1) is 5.92 Å². The average Bonchev–Trinajstić information content (AvgIpc) is 3.90. The number of hydrogen-bond donors (Lipinski definition) is 3. The van der Waals surface area contributed by atoms with Gasteiger partial charge in [-0.3, -0.25) is 20.2 Å². The minimum absolute atomic E-state index is 0.0413. The van der Waals surface area contributed by atoms with E-state index < -0.39 is 24.3 Å². The number of amides is 4. The number of benzene rings is 3. The lowest BCUT2D eigenvalue weighted by atomic mass is 9.95. The van der Waals surface area contributed by atoms with Crippen molar-refractivity contribution in [3.63, 3.8) is 0 Å². The molecule has 308 valence electrons. The molecular formula is C46H53N7O6. The van der Waals surface area contributed by atoms with Crippen LogP contribution in [-0.4, -0.2) is 105 Å². The molecule has 4 amide bonds. The van der Waals surface area contributed by atoms with Gasteiger partial charge in [-0.25, -0.2) is 14.6 Å². The van der Waals surface area contributed by atoms with Crippen LogP contribution < -0.4 is 10.7 Å². The molecule has 5 aromatic rings. The monoisotopic (exact) mass is 799 g/mol. The molecule has 3 aromatic carbocycles. The van der Waals surface area contributed by atoms with Gasteiger partial charge in [0.2, 0.25) is 5.91 Å². The Balaban J connectivity index is 1.09. The third kappa shape index (κ3) is 10.6. The molecule has 0 spiro atoms. The molecule has 2 aromatic heterocycles. The fourth-order valence-corrected chi connectivity index (χ4v) is 7.80. The second-order valence-corrected chi connectivity index (χ2v) is 15.4. The van der Waals surface area contributed by atoms with E-state index in [4.69, 9.17) is 9.47 Å². The van der Waals surface area contributed by atoms with Gasteiger partial charge in [-0.05, 0) is 53.3 Å². The maximum Gasteiger partial charge on any atom is 0.422 e. The minimum atomic E-state index is -1.15. The Bertz CT molecular complexity index is 2150. The SMILES string of the molecule is CC[C@H](C)[C@@H](C(=O)N[C@@H](Cc1ccccc1)[C@@H](O)CN(Cc1ccc(-c2ccccn2)cc1)NC(=O)OC1CCOC1)N1CCN(Cc2ccnc3ccccc23)C1=O. The predicted octanol–water partition coefficient (Wildman–Crippen LogP) is 5.97. The van der Waals surface area contributed by atoms with Gasteiger partial charge < -0.3 is 29.7 Å². The fraction of sp³-hybridized carbons (Fsp3) is 0.370. The maximum atomic E-state index is 14.6. The Morgan fingerprint density at radius 1 is 0.932 bits per heavy atom. The zero-order valence-electron chi connectivity index (χ0n) is 33.7. The lowest BCUT2D eigenvalue weighted by Crippen LogP contribution is -2.58. The first kappa shape index (κ1) is 41.3. The first-order chi connectivity index (χ1) is 28.7. The van der Waals surface area contributed by atoms with Crippen LogP contribution in [0.25, 0.3) is 22.2 Å². The largest absolute Gasteiger partial charge is 0.443 e. The molecule has 0 bridgehead atoms. The average molecular weight is 800 g/mol. The van der Waals surface area contributed by atoms with Gasteiger partial charge in [0.15, 0.2) is 0 Å². The fourth-order valence-electron chi connectivity index (χ4n) is 7.80. The van der Waals surface area contributed by atoms with Crippen LogP contribution in [0.1, 0.15) is 43.4 Å². The van der Waals surface area contributed by atoms with E-state index in [-0.39, 0.29) is 37.0 Å². The van der Waals surface area contributed by atoms with Gasteiger partial charge in [0, 0.05) is 62.5 Å². The van der Waals surface area contributed by atoms with Gasteiger partial charge in [-0.15, -0.1) is 0 Å². The molecule has 2 saturated heterocycles. The molecule has 4 heterocycles. The van der Waals surface area contributed by atoms with Crippen molar-refractivity contribution < 1.29 is 29.0 Å². The molecule has 13 heteroatoms. The quantitative estimate of drug-likeness (QED) is 0.0968. The summed E-state index contributed by atoms with van der Waals surface area (Å²) in [5.41, 5.74) is 8.27. The van der Waals surface area contributed by atoms with E-state index in [9.17, 15) is 19.5 Å². The van der Waals surface area contributed by atoms with Crippen LogP contribution in [0.3, 0.4) is 0 Å². The van der Waals surface area contributed by atoms with Crippen molar-refractivity contribution in [1.82, 2.24) is 35.5 Å². The van der Waals surface area contributed by atoms with E-state index in [1.807, 2.05) is 117 Å². The van der Waals surface area contributed by atoms with Gasteiger partial charge in [-0.1, -0.05) is 99.1 Å². The molecule has 3 N–H and O–H groups in total. The summed E-state index contributed by atoms with van der Waals surface area (Å²) in [6.07, 6.45) is 2.91. The molecule has 2 aliphatic rings. The summed E-state index contributed by atoms with van der Waals surface area (Å²) in [4.78, 5) is 54.2. The summed E-state index contributed by atoms with van der Waals surface area (Å²) in [6.45, 7) is 6.28. The van der Waals surface area contributed by atoms with Crippen LogP contribution in [0.15, 0.2) is 116 Å². The van der Waals surface area contributed by atoms with Gasteiger partial charge in [0.05, 0.1) is 36.6 Å². The van der Waals surface area contributed by atoms with Gasteiger partial charge in [0.1, 0.15) is 12.1 Å². The van der Waals surface area contributed by atoms with Gasteiger partial charge >= 0.3 is 12.1 Å². The summed E-state index contributed by atoms with van der Waals surface area (Å²) in [7, 11) is 0. The molecule has 2 fully saturated rings. The van der Waals surface area contributed by atoms with E-state index in [1.165, 1.54) is 0 Å². The topological polar surface area (TPSA) is 149 Å². The molecule has 0 aliphatic carbocycles. The Hall–Kier alpha value is -5.89.